The van der Waals surface area contributed by atoms with Crippen LogP contribution in [0.4, 0.5) is 29.7 Å². The van der Waals surface area contributed by atoms with Gasteiger partial charge in [-0.15, -0.1) is 0 Å². The molecule has 172 valence electrons. The molecule has 0 spiro atoms. The Kier molecular flexibility index (Phi) is 7.83. The van der Waals surface area contributed by atoms with E-state index in [1.165, 1.54) is 24.8 Å². The first-order valence-electron chi connectivity index (χ1n) is 11.3. The van der Waals surface area contributed by atoms with E-state index in [9.17, 15) is 13.2 Å². The van der Waals surface area contributed by atoms with Crippen LogP contribution in [0.15, 0.2) is 18.2 Å². The first kappa shape index (κ1) is 23.8. The van der Waals surface area contributed by atoms with E-state index in [-0.39, 0.29) is 5.13 Å². The fraction of sp³-hybridized carbons (Fsp3) is 0.652. The van der Waals surface area contributed by atoms with Crippen molar-refractivity contribution in [2.24, 2.45) is 5.92 Å². The lowest BCUT2D eigenvalue weighted by atomic mass is 9.92. The first-order chi connectivity index (χ1) is 14.7. The lowest BCUT2D eigenvalue weighted by Gasteiger charge is -2.38. The van der Waals surface area contributed by atoms with Gasteiger partial charge in [0.05, 0.1) is 11.4 Å². The van der Waals surface area contributed by atoms with Crippen molar-refractivity contribution in [3.63, 3.8) is 0 Å². The third kappa shape index (κ3) is 6.11. The maximum absolute atomic E-state index is 13.0. The highest BCUT2D eigenvalue weighted by Gasteiger charge is 2.36. The lowest BCUT2D eigenvalue weighted by Crippen LogP contribution is -2.39. The minimum absolute atomic E-state index is 0.169. The monoisotopic (exact) mass is 454 g/mol. The predicted octanol–water partition coefficient (Wildman–Crippen LogP) is 7.61. The third-order valence-electron chi connectivity index (χ3n) is 6.01. The number of nitrogens with zero attached hydrogens (tertiary/aromatic N) is 3. The van der Waals surface area contributed by atoms with E-state index < -0.39 is 12.0 Å². The highest BCUT2D eigenvalue weighted by atomic mass is 32.1. The summed E-state index contributed by atoms with van der Waals surface area (Å²) in [5.41, 5.74) is 3.02. The van der Waals surface area contributed by atoms with E-state index in [0.717, 1.165) is 48.7 Å². The number of nitrogens with one attached hydrogen (secondary N) is 1. The molecule has 0 aliphatic heterocycles. The molecule has 1 N–H and O–H groups in total. The number of anilines is 3. The molecule has 1 fully saturated rings. The number of rotatable bonds is 8. The molecule has 1 saturated carbocycles. The van der Waals surface area contributed by atoms with Crippen molar-refractivity contribution in [1.29, 1.82) is 0 Å². The molecule has 0 bridgehead atoms. The zero-order valence-electron chi connectivity index (χ0n) is 18.8. The van der Waals surface area contributed by atoms with Crippen molar-refractivity contribution in [2.75, 3.05) is 16.8 Å². The number of halogens is 3. The summed E-state index contributed by atoms with van der Waals surface area (Å²) in [6, 6.07) is 6.82. The number of aromatic nitrogens is 2. The topological polar surface area (TPSA) is 41.0 Å². The molecule has 1 aromatic carbocycles. The number of hydrogen-bond acceptors (Lipinski definition) is 5. The van der Waals surface area contributed by atoms with Crippen LogP contribution in [0, 0.1) is 5.92 Å². The smallest absolute Gasteiger partial charge is 0.367 e. The summed E-state index contributed by atoms with van der Waals surface area (Å²) in [4.78, 5) is 6.15. The van der Waals surface area contributed by atoms with Crippen LogP contribution in [-0.2, 0) is 6.18 Å². The summed E-state index contributed by atoms with van der Waals surface area (Å²) in [5.74, 6) is -0.253. The molecular weight excluding hydrogens is 421 g/mol. The van der Waals surface area contributed by atoms with Gasteiger partial charge in [-0.1, -0.05) is 53.0 Å². The SMILES string of the molecule is CC[C@H](C)c1ccc(N(CC(C)C)C2CCCCC2)c(Nc2nc(C(F)(F)F)ns2)c1. The zero-order valence-corrected chi connectivity index (χ0v) is 19.6. The largest absolute Gasteiger partial charge is 0.452 e. The van der Waals surface area contributed by atoms with E-state index in [0.29, 0.717) is 17.9 Å². The highest BCUT2D eigenvalue weighted by Crippen LogP contribution is 2.38. The number of alkyl halides is 3. The second kappa shape index (κ2) is 10.2. The van der Waals surface area contributed by atoms with Crippen molar-refractivity contribution in [3.8, 4) is 0 Å². The molecule has 1 heterocycles. The van der Waals surface area contributed by atoms with Gasteiger partial charge in [0.1, 0.15) is 0 Å². The fourth-order valence-electron chi connectivity index (χ4n) is 4.18. The molecule has 1 aromatic heterocycles. The van der Waals surface area contributed by atoms with Gasteiger partial charge in [0.15, 0.2) is 0 Å². The Labute approximate surface area is 187 Å². The van der Waals surface area contributed by atoms with Gasteiger partial charge >= 0.3 is 6.18 Å². The third-order valence-corrected chi connectivity index (χ3v) is 6.64. The number of hydrogen-bond donors (Lipinski definition) is 1. The van der Waals surface area contributed by atoms with E-state index in [2.05, 4.69) is 65.5 Å². The molecular formula is C23H33F3N4S. The minimum Gasteiger partial charge on any atom is -0.367 e. The van der Waals surface area contributed by atoms with Crippen molar-refractivity contribution < 1.29 is 13.2 Å². The Balaban J connectivity index is 2.00. The highest BCUT2D eigenvalue weighted by molar-refractivity contribution is 7.09. The Hall–Kier alpha value is -1.83. The van der Waals surface area contributed by atoms with Crippen molar-refractivity contribution in [3.05, 3.63) is 29.6 Å². The van der Waals surface area contributed by atoms with Gasteiger partial charge in [-0.3, -0.25) is 0 Å². The van der Waals surface area contributed by atoms with Crippen molar-refractivity contribution in [1.82, 2.24) is 9.36 Å². The molecule has 0 radical (unpaired) electrons. The number of benzene rings is 1. The molecule has 8 heteroatoms. The summed E-state index contributed by atoms with van der Waals surface area (Å²) < 4.78 is 42.5. The first-order valence-corrected chi connectivity index (χ1v) is 12.0. The molecule has 1 aliphatic rings. The minimum atomic E-state index is -4.54. The van der Waals surface area contributed by atoms with Gasteiger partial charge in [-0.05, 0) is 48.8 Å². The lowest BCUT2D eigenvalue weighted by molar-refractivity contribution is -0.144. The Bertz CT molecular complexity index is 844. The summed E-state index contributed by atoms with van der Waals surface area (Å²) in [5, 5.41) is 3.35. The molecule has 31 heavy (non-hydrogen) atoms. The van der Waals surface area contributed by atoms with Gasteiger partial charge < -0.3 is 10.2 Å². The predicted molar refractivity (Wildman–Crippen MR) is 122 cm³/mol. The van der Waals surface area contributed by atoms with Crippen LogP contribution in [-0.4, -0.2) is 21.9 Å². The van der Waals surface area contributed by atoms with Crippen LogP contribution in [0.5, 0.6) is 0 Å². The summed E-state index contributed by atoms with van der Waals surface area (Å²) in [6.07, 6.45) is 2.47. The molecule has 1 aliphatic carbocycles. The van der Waals surface area contributed by atoms with E-state index in [1.54, 1.807) is 0 Å². The summed E-state index contributed by atoms with van der Waals surface area (Å²) >= 11 is 0.750. The van der Waals surface area contributed by atoms with Crippen LogP contribution >= 0.6 is 11.5 Å². The van der Waals surface area contributed by atoms with Crippen LogP contribution in [0.1, 0.15) is 83.5 Å². The molecule has 4 nitrogen and oxygen atoms in total. The molecule has 3 rings (SSSR count). The van der Waals surface area contributed by atoms with Gasteiger partial charge in [-0.25, -0.2) is 0 Å². The zero-order chi connectivity index (χ0) is 22.6. The molecule has 0 saturated heterocycles. The second-order valence-electron chi connectivity index (χ2n) is 8.97. The van der Waals surface area contributed by atoms with Gasteiger partial charge in [0.2, 0.25) is 11.0 Å². The molecule has 0 amide bonds. The van der Waals surface area contributed by atoms with Crippen LogP contribution in [0.3, 0.4) is 0 Å². The maximum Gasteiger partial charge on any atom is 0.452 e. The van der Waals surface area contributed by atoms with Crippen molar-refractivity contribution >= 4 is 28.0 Å². The van der Waals surface area contributed by atoms with Gasteiger partial charge in [0, 0.05) is 24.1 Å². The molecule has 0 unspecified atom stereocenters. The summed E-state index contributed by atoms with van der Waals surface area (Å²) in [7, 11) is 0. The van der Waals surface area contributed by atoms with Gasteiger partial charge in [0.25, 0.3) is 0 Å². The fourth-order valence-corrected chi connectivity index (χ4v) is 4.78. The van der Waals surface area contributed by atoms with E-state index >= 15 is 0 Å². The average Bonchev–Trinajstić information content (AvgIpc) is 3.21. The van der Waals surface area contributed by atoms with Crippen LogP contribution in [0.2, 0.25) is 0 Å². The maximum atomic E-state index is 13.0. The standard InChI is InChI=1S/C23H33F3N4S/c1-5-16(4)17-11-12-20(30(14-15(2)3)18-9-7-6-8-10-18)19(13-17)27-22-28-21(29-31-22)23(24,25)26/h11-13,15-16,18H,5-10,14H2,1-4H3,(H,27,28,29)/t16-/m0/s1. The Morgan fingerprint density at radius 3 is 2.45 bits per heavy atom. The Morgan fingerprint density at radius 2 is 1.87 bits per heavy atom. The van der Waals surface area contributed by atoms with E-state index in [1.807, 2.05) is 0 Å². The van der Waals surface area contributed by atoms with Crippen molar-refractivity contribution in [2.45, 2.75) is 84.4 Å². The van der Waals surface area contributed by atoms with Crippen LogP contribution < -0.4 is 10.2 Å². The second-order valence-corrected chi connectivity index (χ2v) is 9.72. The molecule has 1 atom stereocenters. The quantitative estimate of drug-likeness (QED) is 0.446. The average molecular weight is 455 g/mol. The van der Waals surface area contributed by atoms with E-state index in [4.69, 9.17) is 0 Å². The molecule has 2 aromatic rings. The summed E-state index contributed by atoms with van der Waals surface area (Å²) in [6.45, 7) is 9.62. The Morgan fingerprint density at radius 1 is 1.16 bits per heavy atom. The van der Waals surface area contributed by atoms with Crippen LogP contribution in [0.25, 0.3) is 0 Å². The van der Waals surface area contributed by atoms with Gasteiger partial charge in [-0.2, -0.15) is 22.5 Å². The normalized spacial score (nSPS) is 16.5.